The van der Waals surface area contributed by atoms with Crippen molar-refractivity contribution >= 4 is 11.8 Å². The summed E-state index contributed by atoms with van der Waals surface area (Å²) in [7, 11) is 0. The van der Waals surface area contributed by atoms with Gasteiger partial charge >= 0.3 is 6.09 Å². The number of anilines is 1. The number of benzene rings is 1. The first kappa shape index (κ1) is 19.7. The molecular formula is C20H32N2O3. The monoisotopic (exact) mass is 348 g/mol. The van der Waals surface area contributed by atoms with Crippen LogP contribution in [0.5, 0.6) is 0 Å². The molecule has 2 N–H and O–H groups in total. The number of nitrogens with one attached hydrogen (secondary N) is 1. The largest absolute Gasteiger partial charge is 0.443 e. The van der Waals surface area contributed by atoms with Gasteiger partial charge in [0.15, 0.2) is 0 Å². The Labute approximate surface area is 151 Å². The zero-order chi connectivity index (χ0) is 18.8. The number of amides is 1. The number of fused-ring (bicyclic) bond motifs is 1. The molecule has 1 aromatic carbocycles. The molecular weight excluding hydrogens is 316 g/mol. The van der Waals surface area contributed by atoms with Gasteiger partial charge < -0.3 is 15.2 Å². The molecule has 0 aromatic heterocycles. The van der Waals surface area contributed by atoms with E-state index in [1.807, 2.05) is 53.7 Å². The van der Waals surface area contributed by atoms with E-state index in [1.165, 1.54) is 5.56 Å². The van der Waals surface area contributed by atoms with Crippen molar-refractivity contribution in [2.75, 3.05) is 18.0 Å². The Morgan fingerprint density at radius 3 is 2.56 bits per heavy atom. The number of aliphatic hydroxyl groups is 1. The molecule has 0 saturated heterocycles. The van der Waals surface area contributed by atoms with Gasteiger partial charge in [0.1, 0.15) is 5.60 Å². The van der Waals surface area contributed by atoms with Gasteiger partial charge in [-0.2, -0.15) is 0 Å². The number of carbonyl (C=O) groups is 1. The highest BCUT2D eigenvalue weighted by Gasteiger charge is 2.30. The summed E-state index contributed by atoms with van der Waals surface area (Å²) in [6.45, 7) is 13.5. The van der Waals surface area contributed by atoms with Crippen LogP contribution in [0.4, 0.5) is 10.5 Å². The normalized spacial score (nSPS) is 15.9. The van der Waals surface area contributed by atoms with E-state index < -0.39 is 11.7 Å². The number of carbonyl (C=O) groups excluding carboxylic acids is 1. The molecule has 1 aliphatic heterocycles. The quantitative estimate of drug-likeness (QED) is 0.874. The second-order valence-electron chi connectivity index (χ2n) is 8.82. The maximum absolute atomic E-state index is 12.5. The number of aliphatic hydroxyl groups excluding tert-OH is 1. The van der Waals surface area contributed by atoms with Crippen molar-refractivity contribution in [2.24, 2.45) is 5.41 Å². The second kappa shape index (κ2) is 7.34. The third kappa shape index (κ3) is 5.19. The fraction of sp³-hybridized carbons (Fsp3) is 0.650. The van der Waals surface area contributed by atoms with Gasteiger partial charge in [0, 0.05) is 19.6 Å². The van der Waals surface area contributed by atoms with Crippen LogP contribution in [0.3, 0.4) is 0 Å². The molecule has 1 atom stereocenters. The number of hydrogen-bond acceptors (Lipinski definition) is 4. The van der Waals surface area contributed by atoms with Crippen LogP contribution in [-0.4, -0.2) is 36.0 Å². The smallest absolute Gasteiger partial charge is 0.414 e. The minimum absolute atomic E-state index is 0.159. The molecule has 1 aliphatic rings. The molecule has 140 valence electrons. The van der Waals surface area contributed by atoms with Crippen molar-refractivity contribution in [2.45, 2.75) is 66.2 Å². The lowest BCUT2D eigenvalue weighted by Gasteiger charge is -2.27. The fourth-order valence-corrected chi connectivity index (χ4v) is 2.83. The standard InChI is InChI=1S/C20H32N2O3/c1-19(2,3)16(23)13-21-12-15-9-7-8-14-10-11-22(17(14)15)18(24)25-20(4,5)6/h7-9,16,21,23H,10-13H2,1-6H3. The first-order valence-electron chi connectivity index (χ1n) is 8.99. The molecule has 25 heavy (non-hydrogen) atoms. The Bertz CT molecular complexity index is 614. The van der Waals surface area contributed by atoms with E-state index in [-0.39, 0.29) is 11.5 Å². The van der Waals surface area contributed by atoms with Gasteiger partial charge in [-0.1, -0.05) is 39.0 Å². The fourth-order valence-electron chi connectivity index (χ4n) is 2.83. The van der Waals surface area contributed by atoms with Crippen molar-refractivity contribution < 1.29 is 14.6 Å². The molecule has 0 aliphatic carbocycles. The van der Waals surface area contributed by atoms with Crippen LogP contribution >= 0.6 is 0 Å². The Morgan fingerprint density at radius 2 is 1.96 bits per heavy atom. The van der Waals surface area contributed by atoms with E-state index in [0.29, 0.717) is 19.6 Å². The number of hydrogen-bond donors (Lipinski definition) is 2. The average molecular weight is 348 g/mol. The summed E-state index contributed by atoms with van der Waals surface area (Å²) in [5.74, 6) is 0. The molecule has 5 nitrogen and oxygen atoms in total. The van der Waals surface area contributed by atoms with Crippen LogP contribution < -0.4 is 10.2 Å². The Balaban J connectivity index is 2.10. The van der Waals surface area contributed by atoms with E-state index in [9.17, 15) is 9.90 Å². The van der Waals surface area contributed by atoms with Crippen LogP contribution in [0.15, 0.2) is 18.2 Å². The van der Waals surface area contributed by atoms with Crippen molar-refractivity contribution in [1.82, 2.24) is 5.32 Å². The second-order valence-corrected chi connectivity index (χ2v) is 8.82. The summed E-state index contributed by atoms with van der Waals surface area (Å²) >= 11 is 0. The predicted octanol–water partition coefficient (Wildman–Crippen LogP) is 3.48. The van der Waals surface area contributed by atoms with Gasteiger partial charge in [0.25, 0.3) is 0 Å². The number of rotatable bonds is 4. The van der Waals surface area contributed by atoms with Crippen molar-refractivity contribution in [3.05, 3.63) is 29.3 Å². The molecule has 0 fully saturated rings. The lowest BCUT2D eigenvalue weighted by molar-refractivity contribution is 0.0582. The Kier molecular flexibility index (Phi) is 5.79. The van der Waals surface area contributed by atoms with E-state index >= 15 is 0 Å². The van der Waals surface area contributed by atoms with Crippen LogP contribution in [0, 0.1) is 5.41 Å². The van der Waals surface area contributed by atoms with Crippen molar-refractivity contribution in [3.8, 4) is 0 Å². The summed E-state index contributed by atoms with van der Waals surface area (Å²) in [6.07, 6.45) is 0.118. The van der Waals surface area contributed by atoms with Gasteiger partial charge in [0.2, 0.25) is 0 Å². The summed E-state index contributed by atoms with van der Waals surface area (Å²) in [5.41, 5.74) is 2.51. The van der Waals surface area contributed by atoms with Gasteiger partial charge in [-0.25, -0.2) is 4.79 Å². The molecule has 1 heterocycles. The summed E-state index contributed by atoms with van der Waals surface area (Å²) < 4.78 is 5.55. The molecule has 0 bridgehead atoms. The summed E-state index contributed by atoms with van der Waals surface area (Å²) in [6, 6.07) is 6.11. The Morgan fingerprint density at radius 1 is 1.28 bits per heavy atom. The third-order valence-electron chi connectivity index (χ3n) is 4.34. The third-order valence-corrected chi connectivity index (χ3v) is 4.34. The highest BCUT2D eigenvalue weighted by molar-refractivity contribution is 5.91. The van der Waals surface area contributed by atoms with Crippen molar-refractivity contribution in [3.63, 3.8) is 0 Å². The topological polar surface area (TPSA) is 61.8 Å². The highest BCUT2D eigenvalue weighted by atomic mass is 16.6. The molecule has 1 amide bonds. The summed E-state index contributed by atoms with van der Waals surface area (Å²) in [4.78, 5) is 14.3. The van der Waals surface area contributed by atoms with Crippen molar-refractivity contribution in [1.29, 1.82) is 0 Å². The molecule has 1 aromatic rings. The van der Waals surface area contributed by atoms with E-state index in [2.05, 4.69) is 11.4 Å². The first-order valence-corrected chi connectivity index (χ1v) is 8.99. The maximum atomic E-state index is 12.5. The van der Waals surface area contributed by atoms with Gasteiger partial charge in [-0.3, -0.25) is 4.90 Å². The zero-order valence-corrected chi connectivity index (χ0v) is 16.3. The average Bonchev–Trinajstić information content (AvgIpc) is 2.89. The minimum atomic E-state index is -0.510. The van der Waals surface area contributed by atoms with Gasteiger partial charge in [-0.05, 0) is 43.7 Å². The van der Waals surface area contributed by atoms with E-state index in [4.69, 9.17) is 4.74 Å². The highest BCUT2D eigenvalue weighted by Crippen LogP contribution is 2.33. The number of ether oxygens (including phenoxy) is 1. The van der Waals surface area contributed by atoms with Crippen LogP contribution in [-0.2, 0) is 17.7 Å². The SMILES string of the molecule is CC(C)(C)OC(=O)N1CCc2cccc(CNCC(O)C(C)(C)C)c21. The molecule has 2 rings (SSSR count). The van der Waals surface area contributed by atoms with Crippen LogP contribution in [0.2, 0.25) is 0 Å². The number of para-hydroxylation sites is 1. The van der Waals surface area contributed by atoms with E-state index in [1.54, 1.807) is 4.90 Å². The van der Waals surface area contributed by atoms with Crippen LogP contribution in [0.1, 0.15) is 52.7 Å². The molecule has 1 unspecified atom stereocenters. The van der Waals surface area contributed by atoms with E-state index in [0.717, 1.165) is 17.7 Å². The maximum Gasteiger partial charge on any atom is 0.414 e. The zero-order valence-electron chi connectivity index (χ0n) is 16.3. The minimum Gasteiger partial charge on any atom is -0.443 e. The Hall–Kier alpha value is -1.59. The first-order chi connectivity index (χ1) is 11.5. The number of nitrogens with zero attached hydrogens (tertiary/aromatic N) is 1. The molecule has 0 saturated carbocycles. The van der Waals surface area contributed by atoms with Gasteiger partial charge in [0.05, 0.1) is 11.8 Å². The molecule has 0 radical (unpaired) electrons. The lowest BCUT2D eigenvalue weighted by atomic mass is 9.89. The van der Waals surface area contributed by atoms with Gasteiger partial charge in [-0.15, -0.1) is 0 Å². The molecule has 5 heteroatoms. The molecule has 0 spiro atoms. The lowest BCUT2D eigenvalue weighted by Crippen LogP contribution is -2.37. The van der Waals surface area contributed by atoms with Crippen LogP contribution in [0.25, 0.3) is 0 Å². The predicted molar refractivity (Wildman–Crippen MR) is 101 cm³/mol. The summed E-state index contributed by atoms with van der Waals surface area (Å²) in [5, 5.41) is 13.5.